The average molecular weight is 518 g/mol. The molecule has 1 aromatic heterocycles. The van der Waals surface area contributed by atoms with Crippen LogP contribution in [0.2, 0.25) is 0 Å². The Balaban J connectivity index is 1.30. The number of anilines is 1. The molecule has 0 spiro atoms. The number of fused-ring (bicyclic) bond motifs is 2. The van der Waals surface area contributed by atoms with E-state index in [9.17, 15) is 0 Å². The van der Waals surface area contributed by atoms with Gasteiger partial charge in [0.2, 0.25) is 11.2 Å². The first-order valence-corrected chi connectivity index (χ1v) is 13.9. The SMILES string of the molecule is CC(/C=C/c1ccc2ccccc2[n+]1Cc1ccccc1)=C\C=C1/C=Cc2ccccc2N1Cc1ccccc1. The molecule has 0 amide bonds. The summed E-state index contributed by atoms with van der Waals surface area (Å²) in [6.45, 7) is 3.82. The molecule has 2 heterocycles. The van der Waals surface area contributed by atoms with Crippen LogP contribution in [0.25, 0.3) is 23.1 Å². The number of hydrogen-bond donors (Lipinski definition) is 0. The fourth-order valence-electron chi connectivity index (χ4n) is 5.22. The molecule has 194 valence electrons. The van der Waals surface area contributed by atoms with Crippen molar-refractivity contribution in [2.24, 2.45) is 0 Å². The molecular weight excluding hydrogens is 484 g/mol. The number of allylic oxidation sites excluding steroid dienone is 5. The van der Waals surface area contributed by atoms with Crippen LogP contribution in [0.5, 0.6) is 0 Å². The van der Waals surface area contributed by atoms with Crippen LogP contribution in [-0.4, -0.2) is 0 Å². The average Bonchev–Trinajstić information content (AvgIpc) is 3.01. The Morgan fingerprint density at radius 3 is 2.23 bits per heavy atom. The van der Waals surface area contributed by atoms with Gasteiger partial charge in [-0.15, -0.1) is 0 Å². The van der Waals surface area contributed by atoms with E-state index in [-0.39, 0.29) is 0 Å². The zero-order valence-electron chi connectivity index (χ0n) is 22.8. The number of rotatable bonds is 7. The lowest BCUT2D eigenvalue weighted by atomic mass is 10.0. The van der Waals surface area contributed by atoms with Crippen LogP contribution >= 0.6 is 0 Å². The number of nitrogens with zero attached hydrogens (tertiary/aromatic N) is 2. The summed E-state index contributed by atoms with van der Waals surface area (Å²) in [4.78, 5) is 2.40. The number of pyridine rings is 1. The standard InChI is InChI=1S/C38H33N2/c1-30(20-24-35-26-22-33-16-8-10-18-37(33)39(35)28-31-12-4-2-5-13-31)21-25-36-27-23-34-17-9-11-19-38(34)40(36)29-32-14-6-3-7-15-32/h2-27H,28-29H2,1H3/q+1. The first-order chi connectivity index (χ1) is 19.7. The highest BCUT2D eigenvalue weighted by Gasteiger charge is 2.17. The summed E-state index contributed by atoms with van der Waals surface area (Å²) in [5.74, 6) is 0. The van der Waals surface area contributed by atoms with Crippen LogP contribution in [0.3, 0.4) is 0 Å². The Labute approximate surface area is 237 Å². The largest absolute Gasteiger partial charge is 0.337 e. The number of hydrogen-bond acceptors (Lipinski definition) is 1. The van der Waals surface area contributed by atoms with Crippen molar-refractivity contribution in [1.82, 2.24) is 0 Å². The molecule has 0 atom stereocenters. The summed E-state index contributed by atoms with van der Waals surface area (Å²) < 4.78 is 2.40. The molecule has 2 nitrogen and oxygen atoms in total. The second-order valence-corrected chi connectivity index (χ2v) is 10.2. The van der Waals surface area contributed by atoms with Crippen molar-refractivity contribution < 1.29 is 4.57 Å². The van der Waals surface area contributed by atoms with Crippen LogP contribution < -0.4 is 9.47 Å². The van der Waals surface area contributed by atoms with Gasteiger partial charge in [0.05, 0.1) is 0 Å². The molecule has 0 fully saturated rings. The second kappa shape index (κ2) is 11.8. The number of benzene rings is 4. The molecule has 0 N–H and O–H groups in total. The zero-order valence-corrected chi connectivity index (χ0v) is 22.8. The molecule has 0 unspecified atom stereocenters. The minimum absolute atomic E-state index is 0.827. The fraction of sp³-hybridized carbons (Fsp3) is 0.0789. The van der Waals surface area contributed by atoms with Crippen molar-refractivity contribution in [3.63, 3.8) is 0 Å². The lowest BCUT2D eigenvalue weighted by molar-refractivity contribution is -0.664. The Hall–Kier alpha value is -4.95. The minimum Gasteiger partial charge on any atom is -0.337 e. The molecule has 5 aromatic rings. The minimum atomic E-state index is 0.827. The Bertz CT molecular complexity index is 1740. The Morgan fingerprint density at radius 2 is 1.40 bits per heavy atom. The van der Waals surface area contributed by atoms with Gasteiger partial charge in [-0.2, -0.15) is 4.57 Å². The van der Waals surface area contributed by atoms with Gasteiger partial charge in [-0.05, 0) is 48.4 Å². The van der Waals surface area contributed by atoms with E-state index < -0.39 is 0 Å². The van der Waals surface area contributed by atoms with E-state index in [1.807, 2.05) is 0 Å². The van der Waals surface area contributed by atoms with E-state index in [0.717, 1.165) is 13.1 Å². The molecule has 0 saturated heterocycles. The van der Waals surface area contributed by atoms with E-state index in [0.29, 0.717) is 0 Å². The molecule has 1 aliphatic heterocycles. The van der Waals surface area contributed by atoms with Gasteiger partial charge in [0.15, 0.2) is 6.54 Å². The van der Waals surface area contributed by atoms with E-state index in [1.165, 1.54) is 50.2 Å². The molecule has 1 aliphatic rings. The van der Waals surface area contributed by atoms with Crippen LogP contribution in [0, 0.1) is 0 Å². The summed E-state index contributed by atoms with van der Waals surface area (Å²) >= 11 is 0. The zero-order chi connectivity index (χ0) is 27.1. The van der Waals surface area contributed by atoms with Crippen molar-refractivity contribution in [2.45, 2.75) is 20.0 Å². The fourth-order valence-corrected chi connectivity index (χ4v) is 5.22. The van der Waals surface area contributed by atoms with Crippen LogP contribution in [0.1, 0.15) is 29.3 Å². The first-order valence-electron chi connectivity index (χ1n) is 13.9. The van der Waals surface area contributed by atoms with Gasteiger partial charge in [-0.25, -0.2) is 0 Å². The number of para-hydroxylation sites is 2. The van der Waals surface area contributed by atoms with Gasteiger partial charge in [0, 0.05) is 47.1 Å². The highest BCUT2D eigenvalue weighted by Crippen LogP contribution is 2.32. The maximum Gasteiger partial charge on any atom is 0.213 e. The Morgan fingerprint density at radius 1 is 0.700 bits per heavy atom. The third-order valence-electron chi connectivity index (χ3n) is 7.35. The maximum atomic E-state index is 2.40. The Kier molecular flexibility index (Phi) is 7.50. The quantitative estimate of drug-likeness (QED) is 0.155. The summed E-state index contributed by atoms with van der Waals surface area (Å²) in [5.41, 5.74) is 9.85. The van der Waals surface area contributed by atoms with Gasteiger partial charge in [-0.1, -0.05) is 115 Å². The summed E-state index contributed by atoms with van der Waals surface area (Å²) in [7, 11) is 0. The molecule has 2 heteroatoms. The van der Waals surface area contributed by atoms with Gasteiger partial charge in [0.1, 0.15) is 0 Å². The lowest BCUT2D eigenvalue weighted by Crippen LogP contribution is -2.38. The predicted molar refractivity (Wildman–Crippen MR) is 169 cm³/mol. The van der Waals surface area contributed by atoms with E-state index in [1.54, 1.807) is 0 Å². The van der Waals surface area contributed by atoms with Crippen molar-refractivity contribution >= 4 is 28.7 Å². The molecule has 40 heavy (non-hydrogen) atoms. The van der Waals surface area contributed by atoms with Gasteiger partial charge < -0.3 is 4.90 Å². The highest BCUT2D eigenvalue weighted by atomic mass is 15.1. The van der Waals surface area contributed by atoms with Crippen LogP contribution in [0.4, 0.5) is 5.69 Å². The molecule has 4 aromatic carbocycles. The molecule has 0 bridgehead atoms. The summed E-state index contributed by atoms with van der Waals surface area (Å²) in [5, 5.41) is 1.25. The normalized spacial score (nSPS) is 14.3. The van der Waals surface area contributed by atoms with Crippen LogP contribution in [-0.2, 0) is 13.1 Å². The second-order valence-electron chi connectivity index (χ2n) is 10.2. The van der Waals surface area contributed by atoms with Crippen molar-refractivity contribution in [1.29, 1.82) is 0 Å². The number of aromatic nitrogens is 1. The smallest absolute Gasteiger partial charge is 0.213 e. The summed E-state index contributed by atoms with van der Waals surface area (Å²) in [6, 6.07) is 43.0. The lowest BCUT2D eigenvalue weighted by Gasteiger charge is -2.30. The summed E-state index contributed by atoms with van der Waals surface area (Å²) in [6.07, 6.45) is 13.3. The third-order valence-corrected chi connectivity index (χ3v) is 7.35. The topological polar surface area (TPSA) is 7.12 Å². The highest BCUT2D eigenvalue weighted by molar-refractivity contribution is 5.77. The van der Waals surface area contributed by atoms with E-state index in [4.69, 9.17) is 0 Å². The van der Waals surface area contributed by atoms with Gasteiger partial charge >= 0.3 is 0 Å². The molecule has 0 saturated carbocycles. The van der Waals surface area contributed by atoms with E-state index >= 15 is 0 Å². The van der Waals surface area contributed by atoms with Crippen molar-refractivity contribution in [2.75, 3.05) is 4.90 Å². The van der Waals surface area contributed by atoms with Gasteiger partial charge in [-0.3, -0.25) is 0 Å². The molecular formula is C38H33N2+. The van der Waals surface area contributed by atoms with Crippen LogP contribution in [0.15, 0.2) is 157 Å². The monoisotopic (exact) mass is 517 g/mol. The van der Waals surface area contributed by atoms with Crippen molar-refractivity contribution in [3.8, 4) is 0 Å². The molecule has 0 radical (unpaired) electrons. The van der Waals surface area contributed by atoms with E-state index in [2.05, 4.69) is 174 Å². The predicted octanol–water partition coefficient (Wildman–Crippen LogP) is 8.75. The van der Waals surface area contributed by atoms with Gasteiger partial charge in [0.25, 0.3) is 0 Å². The van der Waals surface area contributed by atoms with Crippen molar-refractivity contribution in [3.05, 3.63) is 179 Å². The first kappa shape index (κ1) is 25.3. The maximum absolute atomic E-state index is 2.40. The molecule has 6 rings (SSSR count). The molecule has 0 aliphatic carbocycles. The third kappa shape index (κ3) is 5.72.